The first-order valence-electron chi connectivity index (χ1n) is 10.5. The fraction of sp³-hybridized carbons (Fsp3) is 0.333. The number of esters is 1. The number of allylic oxidation sites excluding steroid dienone is 1. The van der Waals surface area contributed by atoms with Gasteiger partial charge >= 0.3 is 5.97 Å². The van der Waals surface area contributed by atoms with Crippen molar-refractivity contribution in [2.45, 2.75) is 39.7 Å². The van der Waals surface area contributed by atoms with Gasteiger partial charge in [0.25, 0.3) is 0 Å². The second-order valence-electron chi connectivity index (χ2n) is 7.36. The molecule has 1 atom stereocenters. The molecule has 2 heterocycles. The Morgan fingerprint density at radius 2 is 2.00 bits per heavy atom. The van der Waals surface area contributed by atoms with Crippen LogP contribution in [0.15, 0.2) is 59.8 Å². The number of benzene rings is 2. The quantitative estimate of drug-likeness (QED) is 0.439. The van der Waals surface area contributed by atoms with Gasteiger partial charge in [-0.25, -0.2) is 9.78 Å². The highest BCUT2D eigenvalue weighted by molar-refractivity contribution is 5.94. The molecule has 0 aliphatic carbocycles. The highest BCUT2D eigenvalue weighted by Gasteiger charge is 2.35. The summed E-state index contributed by atoms with van der Waals surface area (Å²) in [5.74, 6) is 1.18. The van der Waals surface area contributed by atoms with E-state index < -0.39 is 0 Å². The van der Waals surface area contributed by atoms with Crippen molar-refractivity contribution in [3.8, 4) is 5.75 Å². The number of fused-ring (bicyclic) bond motifs is 3. The lowest BCUT2D eigenvalue weighted by Gasteiger charge is -2.30. The Bertz CT molecular complexity index is 1100. The molecule has 156 valence electrons. The average Bonchev–Trinajstić information content (AvgIpc) is 3.11. The number of carbonyl (C=O) groups excluding carboxylic acids is 1. The van der Waals surface area contributed by atoms with Crippen LogP contribution in [0, 0.1) is 0 Å². The van der Waals surface area contributed by atoms with Crippen LogP contribution >= 0.6 is 0 Å². The number of nitrogens with zero attached hydrogens (tertiary/aromatic N) is 2. The number of rotatable bonds is 7. The molecule has 1 aromatic heterocycles. The third-order valence-corrected chi connectivity index (χ3v) is 5.27. The van der Waals surface area contributed by atoms with Crippen molar-refractivity contribution in [2.75, 3.05) is 18.5 Å². The van der Waals surface area contributed by atoms with Crippen molar-refractivity contribution in [3.63, 3.8) is 0 Å². The van der Waals surface area contributed by atoms with E-state index in [2.05, 4.69) is 16.8 Å². The predicted octanol–water partition coefficient (Wildman–Crippen LogP) is 5.07. The molecule has 0 fully saturated rings. The van der Waals surface area contributed by atoms with Gasteiger partial charge in [-0.15, -0.1) is 0 Å². The van der Waals surface area contributed by atoms with Crippen molar-refractivity contribution in [1.29, 1.82) is 0 Å². The molecular formula is C24H27N3O3. The highest BCUT2D eigenvalue weighted by atomic mass is 16.5. The van der Waals surface area contributed by atoms with Crippen LogP contribution in [-0.4, -0.2) is 28.7 Å². The van der Waals surface area contributed by atoms with Gasteiger partial charge in [0.2, 0.25) is 5.95 Å². The van der Waals surface area contributed by atoms with Crippen molar-refractivity contribution >= 4 is 23.0 Å². The number of carbonyl (C=O) groups is 1. The van der Waals surface area contributed by atoms with Crippen molar-refractivity contribution < 1.29 is 14.3 Å². The lowest BCUT2D eigenvalue weighted by molar-refractivity contribution is -0.139. The zero-order valence-corrected chi connectivity index (χ0v) is 17.6. The van der Waals surface area contributed by atoms with Crippen LogP contribution in [0.5, 0.6) is 5.75 Å². The van der Waals surface area contributed by atoms with Gasteiger partial charge in [0.05, 0.1) is 35.9 Å². The number of anilines is 1. The van der Waals surface area contributed by atoms with Gasteiger partial charge in [-0.3, -0.25) is 4.57 Å². The summed E-state index contributed by atoms with van der Waals surface area (Å²) < 4.78 is 13.4. The molecule has 0 bridgehead atoms. The topological polar surface area (TPSA) is 65.4 Å². The molecule has 1 aliphatic rings. The Morgan fingerprint density at radius 1 is 1.17 bits per heavy atom. The number of nitrogens with one attached hydrogen (secondary N) is 1. The standard InChI is InChI=1S/C24H27N3O3/c1-4-6-14-30-18-11-9-10-17(15-18)22-21(23(28)29-5-2)16(3)25-24-26-19-12-7-8-13-20(19)27(22)24/h7-13,15,22H,4-6,14H2,1-3H3,(H,25,26)/t22-/m1/s1. The summed E-state index contributed by atoms with van der Waals surface area (Å²) in [5.41, 5.74) is 4.11. The largest absolute Gasteiger partial charge is 0.494 e. The van der Waals surface area contributed by atoms with E-state index in [0.29, 0.717) is 24.7 Å². The van der Waals surface area contributed by atoms with E-state index in [1.54, 1.807) is 0 Å². The van der Waals surface area contributed by atoms with Crippen molar-refractivity contribution in [2.24, 2.45) is 0 Å². The molecule has 6 nitrogen and oxygen atoms in total. The SMILES string of the molecule is CCCCOc1cccc([C@@H]2C(C(=O)OCC)=C(C)Nc3nc4ccccc4n32)c1. The van der Waals surface area contributed by atoms with Crippen molar-refractivity contribution in [3.05, 3.63) is 65.4 Å². The fourth-order valence-corrected chi connectivity index (χ4v) is 3.86. The maximum Gasteiger partial charge on any atom is 0.338 e. The van der Waals surface area contributed by atoms with E-state index in [1.807, 2.05) is 62.4 Å². The third-order valence-electron chi connectivity index (χ3n) is 5.27. The van der Waals surface area contributed by atoms with Crippen LogP contribution in [0.1, 0.15) is 45.2 Å². The van der Waals surface area contributed by atoms with Gasteiger partial charge in [0.1, 0.15) is 5.75 Å². The normalized spacial score (nSPS) is 15.6. The van der Waals surface area contributed by atoms with E-state index >= 15 is 0 Å². The smallest absolute Gasteiger partial charge is 0.338 e. The van der Waals surface area contributed by atoms with Gasteiger partial charge in [0, 0.05) is 5.70 Å². The zero-order chi connectivity index (χ0) is 21.1. The van der Waals surface area contributed by atoms with Gasteiger partial charge < -0.3 is 14.8 Å². The highest BCUT2D eigenvalue weighted by Crippen LogP contribution is 2.40. The molecule has 0 spiro atoms. The molecule has 2 aromatic carbocycles. The second-order valence-corrected chi connectivity index (χ2v) is 7.36. The third kappa shape index (κ3) is 3.65. The van der Waals surface area contributed by atoms with E-state index in [0.717, 1.165) is 40.9 Å². The summed E-state index contributed by atoms with van der Waals surface area (Å²) in [7, 11) is 0. The van der Waals surface area contributed by atoms with Crippen LogP contribution in [0.3, 0.4) is 0 Å². The average molecular weight is 405 g/mol. The number of hydrogen-bond donors (Lipinski definition) is 1. The lowest BCUT2D eigenvalue weighted by atomic mass is 9.95. The molecule has 4 rings (SSSR count). The number of para-hydroxylation sites is 2. The number of hydrogen-bond acceptors (Lipinski definition) is 5. The van der Waals surface area contributed by atoms with E-state index in [-0.39, 0.29) is 12.0 Å². The maximum atomic E-state index is 13.0. The summed E-state index contributed by atoms with van der Waals surface area (Å²) in [6.07, 6.45) is 2.08. The molecule has 6 heteroatoms. The summed E-state index contributed by atoms with van der Waals surface area (Å²) in [6, 6.07) is 15.5. The first kappa shape index (κ1) is 20.0. The minimum atomic E-state index is -0.359. The summed E-state index contributed by atoms with van der Waals surface area (Å²) >= 11 is 0. The number of aromatic nitrogens is 2. The number of ether oxygens (including phenoxy) is 2. The van der Waals surface area contributed by atoms with Gasteiger partial charge in [-0.2, -0.15) is 0 Å². The minimum Gasteiger partial charge on any atom is -0.494 e. The molecule has 30 heavy (non-hydrogen) atoms. The van der Waals surface area contributed by atoms with Crippen LogP contribution in [0.2, 0.25) is 0 Å². The van der Waals surface area contributed by atoms with Crippen LogP contribution in [-0.2, 0) is 9.53 Å². The van der Waals surface area contributed by atoms with E-state index in [1.165, 1.54) is 0 Å². The van der Waals surface area contributed by atoms with Crippen LogP contribution < -0.4 is 10.1 Å². The summed E-state index contributed by atoms with van der Waals surface area (Å²) in [6.45, 7) is 6.84. The first-order chi connectivity index (χ1) is 14.6. The monoisotopic (exact) mass is 405 g/mol. The molecule has 1 N–H and O–H groups in total. The zero-order valence-electron chi connectivity index (χ0n) is 17.6. The van der Waals surface area contributed by atoms with E-state index in [9.17, 15) is 4.79 Å². The second kappa shape index (κ2) is 8.61. The Hall–Kier alpha value is -3.28. The summed E-state index contributed by atoms with van der Waals surface area (Å²) in [5, 5.41) is 3.29. The molecule has 0 unspecified atom stereocenters. The van der Waals surface area contributed by atoms with E-state index in [4.69, 9.17) is 14.5 Å². The molecule has 3 aromatic rings. The molecule has 0 saturated heterocycles. The molecule has 1 aliphatic heterocycles. The molecular weight excluding hydrogens is 378 g/mol. The minimum absolute atomic E-state index is 0.319. The Balaban J connectivity index is 1.85. The van der Waals surface area contributed by atoms with Gasteiger partial charge in [-0.05, 0) is 50.1 Å². The molecule has 0 radical (unpaired) electrons. The van der Waals surface area contributed by atoms with Crippen molar-refractivity contribution in [1.82, 2.24) is 9.55 Å². The predicted molar refractivity (Wildman–Crippen MR) is 118 cm³/mol. The Kier molecular flexibility index (Phi) is 5.74. The maximum absolute atomic E-state index is 13.0. The fourth-order valence-electron chi connectivity index (χ4n) is 3.86. The Labute approximate surface area is 176 Å². The van der Waals surface area contributed by atoms with Crippen LogP contribution in [0.4, 0.5) is 5.95 Å². The molecule has 0 saturated carbocycles. The number of imidazole rings is 1. The molecule has 0 amide bonds. The van der Waals surface area contributed by atoms with Gasteiger partial charge in [-0.1, -0.05) is 37.6 Å². The first-order valence-corrected chi connectivity index (χ1v) is 10.5. The number of unbranched alkanes of at least 4 members (excludes halogenated alkanes) is 1. The lowest BCUT2D eigenvalue weighted by Crippen LogP contribution is -2.29. The van der Waals surface area contributed by atoms with Gasteiger partial charge in [0.15, 0.2) is 0 Å². The summed E-state index contributed by atoms with van der Waals surface area (Å²) in [4.78, 5) is 17.7. The van der Waals surface area contributed by atoms with Crippen LogP contribution in [0.25, 0.3) is 11.0 Å². The Morgan fingerprint density at radius 3 is 2.80 bits per heavy atom.